The third-order valence-electron chi connectivity index (χ3n) is 5.08. The van der Waals surface area contributed by atoms with Crippen LogP contribution in [0.1, 0.15) is 35.0 Å². The molecule has 0 saturated heterocycles. The van der Waals surface area contributed by atoms with E-state index < -0.39 is 35.3 Å². The maximum Gasteiger partial charge on any atom is 0.416 e. The van der Waals surface area contributed by atoms with Crippen molar-refractivity contribution in [2.24, 2.45) is 10.2 Å². The summed E-state index contributed by atoms with van der Waals surface area (Å²) in [7, 11) is 0. The van der Waals surface area contributed by atoms with Gasteiger partial charge in [0.2, 0.25) is 0 Å². The highest BCUT2D eigenvalue weighted by atomic mass is 19.4. The van der Waals surface area contributed by atoms with Gasteiger partial charge in [0.25, 0.3) is 0 Å². The number of aromatic nitrogens is 2. The summed E-state index contributed by atoms with van der Waals surface area (Å²) in [5.74, 6) is 0. The summed E-state index contributed by atoms with van der Waals surface area (Å²) in [4.78, 5) is 7.18. The number of hydrogen-bond acceptors (Lipinski definition) is 5. The van der Waals surface area contributed by atoms with Crippen LogP contribution in [0.25, 0.3) is 5.70 Å². The maximum absolute atomic E-state index is 13.1. The molecule has 1 aliphatic heterocycles. The molecular weight excluding hydrogens is 476 g/mol. The molecule has 0 amide bonds. The van der Waals surface area contributed by atoms with E-state index in [-0.39, 0.29) is 11.8 Å². The molecule has 183 valence electrons. The molecule has 0 fully saturated rings. The Hall–Kier alpha value is -3.67. The second-order valence-electron chi connectivity index (χ2n) is 7.75. The molecule has 0 aliphatic carbocycles. The summed E-state index contributed by atoms with van der Waals surface area (Å²) >= 11 is 0. The fraction of sp³-hybridized carbons (Fsp3) is 0.261. The number of azo groups is 1. The smallest absolute Gasteiger partial charge is 0.244 e. The van der Waals surface area contributed by atoms with Crippen molar-refractivity contribution in [1.29, 1.82) is 0 Å². The van der Waals surface area contributed by atoms with Crippen LogP contribution in [0.5, 0.6) is 0 Å². The first-order chi connectivity index (χ1) is 16.3. The van der Waals surface area contributed by atoms with E-state index >= 15 is 0 Å². The molecule has 4 rings (SSSR count). The number of aryl methyl sites for hydroxylation is 1. The average molecular weight is 494 g/mol. The Morgan fingerprint density at radius 1 is 0.914 bits per heavy atom. The van der Waals surface area contributed by atoms with Gasteiger partial charge in [-0.25, -0.2) is 4.84 Å². The number of hydrogen-bond donors (Lipinski definition) is 0. The van der Waals surface area contributed by atoms with Gasteiger partial charge in [0, 0.05) is 11.6 Å². The van der Waals surface area contributed by atoms with Gasteiger partial charge in [-0.15, -0.1) is 15.1 Å². The third-order valence-corrected chi connectivity index (χ3v) is 5.08. The van der Waals surface area contributed by atoms with E-state index in [4.69, 9.17) is 4.84 Å². The van der Waals surface area contributed by atoms with E-state index in [2.05, 4.69) is 21.4 Å². The van der Waals surface area contributed by atoms with Gasteiger partial charge in [0.05, 0.1) is 28.2 Å². The Balaban J connectivity index is 1.71. The monoisotopic (exact) mass is 494 g/mol. The van der Waals surface area contributed by atoms with Gasteiger partial charge in [-0.2, -0.15) is 36.6 Å². The summed E-state index contributed by atoms with van der Waals surface area (Å²) in [5, 5.41) is 13.4. The van der Waals surface area contributed by atoms with Gasteiger partial charge in [-0.1, -0.05) is 30.3 Å². The van der Waals surface area contributed by atoms with Gasteiger partial charge in [-0.05, 0) is 39.0 Å². The van der Waals surface area contributed by atoms with E-state index in [0.29, 0.717) is 29.2 Å². The van der Waals surface area contributed by atoms with Crippen LogP contribution >= 0.6 is 0 Å². The fourth-order valence-electron chi connectivity index (χ4n) is 3.45. The Bertz CT molecular complexity index is 1260. The van der Waals surface area contributed by atoms with Crippen molar-refractivity contribution in [2.75, 3.05) is 5.17 Å². The molecule has 0 bridgehead atoms. The minimum atomic E-state index is -4.98. The van der Waals surface area contributed by atoms with Crippen LogP contribution in [0.4, 0.5) is 37.7 Å². The first kappa shape index (κ1) is 24.5. The minimum Gasteiger partial charge on any atom is -0.244 e. The SMILES string of the molecule is Cc1nn(N2OC(C)[C]=C2c2ccccc2)c(C)c1N=Nc1cc(C(F)(F)F)cc(C(F)(F)F)c1. The second kappa shape index (κ2) is 8.84. The van der Waals surface area contributed by atoms with Crippen LogP contribution < -0.4 is 5.17 Å². The normalized spacial score (nSPS) is 16.9. The number of benzene rings is 2. The lowest BCUT2D eigenvalue weighted by Crippen LogP contribution is -2.32. The van der Waals surface area contributed by atoms with Gasteiger partial charge in [0.1, 0.15) is 17.5 Å². The summed E-state index contributed by atoms with van der Waals surface area (Å²) in [6.07, 6.45) is -7.20. The zero-order chi connectivity index (χ0) is 25.5. The Morgan fingerprint density at radius 3 is 2.09 bits per heavy atom. The highest BCUT2D eigenvalue weighted by Crippen LogP contribution is 2.39. The van der Waals surface area contributed by atoms with Gasteiger partial charge >= 0.3 is 12.4 Å². The molecule has 0 N–H and O–H groups in total. The van der Waals surface area contributed by atoms with Crippen molar-refractivity contribution < 1.29 is 31.2 Å². The van der Waals surface area contributed by atoms with Crippen molar-refractivity contribution in [1.82, 2.24) is 9.89 Å². The van der Waals surface area contributed by atoms with Crippen LogP contribution in [0.3, 0.4) is 0 Å². The molecular formula is C23H18F6N5O. The molecule has 1 atom stereocenters. The van der Waals surface area contributed by atoms with Gasteiger partial charge in [-0.3, -0.25) is 0 Å². The lowest BCUT2D eigenvalue weighted by molar-refractivity contribution is -0.143. The Kier molecular flexibility index (Phi) is 6.18. The van der Waals surface area contributed by atoms with Crippen LogP contribution in [0.2, 0.25) is 0 Å². The van der Waals surface area contributed by atoms with E-state index in [1.54, 1.807) is 20.8 Å². The number of rotatable bonds is 4. The third kappa shape index (κ3) is 5.06. The van der Waals surface area contributed by atoms with E-state index in [0.717, 1.165) is 5.56 Å². The quantitative estimate of drug-likeness (QED) is 0.288. The molecule has 12 heteroatoms. The number of halogens is 6. The lowest BCUT2D eigenvalue weighted by atomic mass is 10.1. The van der Waals surface area contributed by atoms with E-state index in [1.807, 2.05) is 30.3 Å². The molecule has 3 aromatic rings. The molecule has 1 aliphatic rings. The van der Waals surface area contributed by atoms with Crippen molar-refractivity contribution in [3.63, 3.8) is 0 Å². The average Bonchev–Trinajstić information content (AvgIpc) is 3.30. The van der Waals surface area contributed by atoms with Crippen LogP contribution in [-0.2, 0) is 17.2 Å². The highest BCUT2D eigenvalue weighted by molar-refractivity contribution is 5.70. The van der Waals surface area contributed by atoms with Gasteiger partial charge in [0.15, 0.2) is 0 Å². The van der Waals surface area contributed by atoms with Crippen molar-refractivity contribution in [3.8, 4) is 0 Å². The summed E-state index contributed by atoms with van der Waals surface area (Å²) < 4.78 is 78.8. The molecule has 1 radical (unpaired) electrons. The van der Waals surface area contributed by atoms with Crippen LogP contribution in [0.15, 0.2) is 58.8 Å². The number of hydroxylamine groups is 1. The van der Waals surface area contributed by atoms with Crippen molar-refractivity contribution in [3.05, 3.63) is 82.7 Å². The minimum absolute atomic E-state index is 0.0351. The van der Waals surface area contributed by atoms with E-state index in [9.17, 15) is 26.3 Å². The molecule has 2 heterocycles. The lowest BCUT2D eigenvalue weighted by Gasteiger charge is -2.22. The van der Waals surface area contributed by atoms with Crippen LogP contribution in [0, 0.1) is 19.9 Å². The topological polar surface area (TPSA) is 55.0 Å². The summed E-state index contributed by atoms with van der Waals surface area (Å²) in [5.41, 5.74) is -1.25. The Morgan fingerprint density at radius 2 is 1.51 bits per heavy atom. The van der Waals surface area contributed by atoms with Crippen molar-refractivity contribution >= 4 is 17.1 Å². The van der Waals surface area contributed by atoms with Crippen LogP contribution in [-0.4, -0.2) is 16.0 Å². The second-order valence-corrected chi connectivity index (χ2v) is 7.75. The zero-order valence-electron chi connectivity index (χ0n) is 18.6. The van der Waals surface area contributed by atoms with Crippen molar-refractivity contribution in [2.45, 2.75) is 39.2 Å². The number of alkyl halides is 6. The summed E-state index contributed by atoms with van der Waals surface area (Å²) in [6, 6.07) is 10.3. The molecule has 6 nitrogen and oxygen atoms in total. The van der Waals surface area contributed by atoms with E-state index in [1.165, 1.54) is 9.96 Å². The molecule has 1 aromatic heterocycles. The largest absolute Gasteiger partial charge is 0.416 e. The first-order valence-corrected chi connectivity index (χ1v) is 10.3. The molecule has 0 spiro atoms. The molecule has 35 heavy (non-hydrogen) atoms. The standard InChI is InChI=1S/C23H18F6N5O/c1-13-9-20(16-7-5-4-6-8-16)34(35-13)33-15(3)21(14(2)32-33)31-30-19-11-17(22(24,25)26)10-18(12-19)23(27,28)29/h4-8,10-13H,1-3H3. The molecule has 0 saturated carbocycles. The van der Waals surface area contributed by atoms with Gasteiger partial charge < -0.3 is 0 Å². The Labute approximate surface area is 196 Å². The first-order valence-electron chi connectivity index (χ1n) is 10.3. The zero-order valence-corrected chi connectivity index (χ0v) is 18.6. The predicted molar refractivity (Wildman–Crippen MR) is 114 cm³/mol. The predicted octanol–water partition coefficient (Wildman–Crippen LogP) is 7.07. The maximum atomic E-state index is 13.1. The highest BCUT2D eigenvalue weighted by Gasteiger charge is 2.37. The summed E-state index contributed by atoms with van der Waals surface area (Å²) in [6.45, 7) is 4.98. The number of nitrogens with zero attached hydrogens (tertiary/aromatic N) is 5. The fourth-order valence-corrected chi connectivity index (χ4v) is 3.45. The molecule has 1 unspecified atom stereocenters. The molecule has 2 aromatic carbocycles.